The molecule has 14 nitrogen and oxygen atoms in total. The maximum atomic E-state index is 14.4. The van der Waals surface area contributed by atoms with E-state index in [4.69, 9.17) is 0 Å². The fraction of sp³-hybridized carbons (Fsp3) is 0.605. The zero-order valence-electron chi connectivity index (χ0n) is 32.0. The largest absolute Gasteiger partial charge is 0.336 e. The Morgan fingerprint density at radius 2 is 1.60 bits per heavy atom. The Labute approximate surface area is 314 Å². The Kier molecular flexibility index (Phi) is 14.6. The summed E-state index contributed by atoms with van der Waals surface area (Å²) < 4.78 is 27.7. The van der Waals surface area contributed by atoms with Crippen LogP contribution in [0.1, 0.15) is 97.6 Å². The lowest BCUT2D eigenvalue weighted by Crippen LogP contribution is -2.61. The van der Waals surface area contributed by atoms with E-state index >= 15 is 0 Å². The molecule has 2 heterocycles. The van der Waals surface area contributed by atoms with Gasteiger partial charge in [0, 0.05) is 38.9 Å². The first kappa shape index (κ1) is 41.5. The third-order valence-corrected chi connectivity index (χ3v) is 11.9. The number of benzene rings is 1. The summed E-state index contributed by atoms with van der Waals surface area (Å²) in [6, 6.07) is 10.5. The fourth-order valence-corrected chi connectivity index (χ4v) is 8.06. The Morgan fingerprint density at radius 1 is 0.925 bits per heavy atom. The van der Waals surface area contributed by atoms with Crippen LogP contribution in [0.3, 0.4) is 0 Å². The van der Waals surface area contributed by atoms with E-state index in [1.807, 2.05) is 65.0 Å². The third-order valence-electron chi connectivity index (χ3n) is 10.2. The first-order valence-electron chi connectivity index (χ1n) is 18.8. The fourth-order valence-electron chi connectivity index (χ4n) is 6.95. The van der Waals surface area contributed by atoms with Gasteiger partial charge in [0.2, 0.25) is 5.91 Å². The summed E-state index contributed by atoms with van der Waals surface area (Å²) in [4.78, 5) is 60.8. The van der Waals surface area contributed by atoms with E-state index in [1.165, 1.54) is 33.5 Å². The molecule has 292 valence electrons. The molecular formula is C38H58N8O6S. The third kappa shape index (κ3) is 11.1. The number of amides is 6. The molecule has 2 aromatic rings. The van der Waals surface area contributed by atoms with Crippen molar-refractivity contribution >= 4 is 33.9 Å². The first-order valence-corrected chi connectivity index (χ1v) is 20.3. The smallest absolute Gasteiger partial charge is 0.334 e. The predicted octanol–water partition coefficient (Wildman–Crippen LogP) is 4.57. The average molecular weight is 755 g/mol. The molecule has 1 aliphatic carbocycles. The van der Waals surface area contributed by atoms with Crippen molar-refractivity contribution in [2.24, 2.45) is 11.3 Å². The van der Waals surface area contributed by atoms with Crippen LogP contribution in [0.4, 0.5) is 9.59 Å². The first-order chi connectivity index (χ1) is 25.1. The lowest BCUT2D eigenvalue weighted by atomic mass is 9.83. The number of sulfonamides is 1. The van der Waals surface area contributed by atoms with Crippen LogP contribution in [0.15, 0.2) is 59.8 Å². The number of carbonyl (C=O) groups is 4. The van der Waals surface area contributed by atoms with E-state index in [0.717, 1.165) is 37.7 Å². The Hall–Kier alpha value is -4.24. The Bertz CT molecular complexity index is 1630. The molecule has 4 rings (SSSR count). The zero-order valence-corrected chi connectivity index (χ0v) is 32.8. The molecule has 4 atom stereocenters. The minimum Gasteiger partial charge on any atom is -0.334 e. The maximum absolute atomic E-state index is 14.4. The van der Waals surface area contributed by atoms with Crippen LogP contribution < -0.4 is 21.4 Å². The van der Waals surface area contributed by atoms with Crippen LogP contribution >= 0.6 is 0 Å². The Morgan fingerprint density at radius 3 is 2.23 bits per heavy atom. The topological polar surface area (TPSA) is 173 Å². The van der Waals surface area contributed by atoms with Crippen molar-refractivity contribution in [1.29, 1.82) is 0 Å². The number of carbonyl (C=O) groups excluding carboxylic acids is 4. The lowest BCUT2D eigenvalue weighted by molar-refractivity contribution is -0.142. The molecule has 0 bridgehead atoms. The van der Waals surface area contributed by atoms with Gasteiger partial charge in [-0.3, -0.25) is 15.0 Å². The summed E-state index contributed by atoms with van der Waals surface area (Å²) in [5.74, 6) is -0.923. The standard InChI is InChI=1S/C38H58N8O6S/c1-7-24-46(37(50)40-27(2)28-17-10-8-11-18-28)43-34(47)30-21-16-25-45(30)35(48)33(29-19-12-9-13-20-29)42-36(49)41-31(38(3,4)5)26-44(6)53(51,52)32-22-14-15-23-39-32/h8,10-11,14-15,17-18,22-23,27,29-31,33H,7,9,12-13,16,19-21,24-26H2,1-6H3,(H,40,50)(H,43,47)(H2,41,42,49)/t27-,30-,31+,33-/m0/s1. The van der Waals surface area contributed by atoms with Gasteiger partial charge in [-0.25, -0.2) is 28.0 Å². The number of nitrogens with one attached hydrogen (secondary N) is 4. The minimum atomic E-state index is -3.92. The second-order valence-corrected chi connectivity index (χ2v) is 17.3. The number of nitrogens with zero attached hydrogens (tertiary/aromatic N) is 4. The van der Waals surface area contributed by atoms with Crippen LogP contribution in [0.25, 0.3) is 0 Å². The zero-order chi connectivity index (χ0) is 38.8. The summed E-state index contributed by atoms with van der Waals surface area (Å²) in [5.41, 5.74) is 3.15. The van der Waals surface area contributed by atoms with Gasteiger partial charge in [-0.05, 0) is 68.1 Å². The molecule has 0 radical (unpaired) electrons. The Balaban J connectivity index is 1.47. The number of urea groups is 2. The summed E-state index contributed by atoms with van der Waals surface area (Å²) in [5, 5.41) is 10.0. The van der Waals surface area contributed by atoms with Crippen LogP contribution in [0.5, 0.6) is 0 Å². The molecule has 4 N–H and O–H groups in total. The average Bonchev–Trinajstić information content (AvgIpc) is 3.64. The lowest BCUT2D eigenvalue weighted by Gasteiger charge is -2.37. The molecule has 1 aromatic heterocycles. The number of aromatic nitrogens is 1. The molecule has 0 unspecified atom stereocenters. The van der Waals surface area contributed by atoms with E-state index in [9.17, 15) is 27.6 Å². The summed E-state index contributed by atoms with van der Waals surface area (Å²) in [7, 11) is -2.47. The quantitative estimate of drug-likeness (QED) is 0.217. The van der Waals surface area contributed by atoms with E-state index in [1.54, 1.807) is 12.1 Å². The molecule has 15 heteroatoms. The highest BCUT2D eigenvalue weighted by Gasteiger charge is 2.42. The molecule has 1 aliphatic heterocycles. The summed E-state index contributed by atoms with van der Waals surface area (Å²) in [6.45, 7) is 10.1. The number of hydrogen-bond acceptors (Lipinski definition) is 7. The van der Waals surface area contributed by atoms with Gasteiger partial charge in [-0.2, -0.15) is 4.31 Å². The van der Waals surface area contributed by atoms with E-state index in [0.29, 0.717) is 25.8 Å². The van der Waals surface area contributed by atoms with Crippen molar-refractivity contribution < 1.29 is 27.6 Å². The van der Waals surface area contributed by atoms with Gasteiger partial charge in [-0.1, -0.05) is 83.4 Å². The van der Waals surface area contributed by atoms with Crippen molar-refractivity contribution in [1.82, 2.24) is 40.6 Å². The molecule has 1 saturated carbocycles. The normalized spacial score (nSPS) is 18.5. The number of hydrazine groups is 1. The molecule has 2 aliphatic rings. The molecule has 1 saturated heterocycles. The molecule has 1 aromatic carbocycles. The van der Waals surface area contributed by atoms with E-state index in [-0.39, 0.29) is 36.0 Å². The van der Waals surface area contributed by atoms with Gasteiger partial charge in [0.25, 0.3) is 15.9 Å². The molecule has 2 fully saturated rings. The summed E-state index contributed by atoms with van der Waals surface area (Å²) in [6.07, 6.45) is 7.42. The van der Waals surface area contributed by atoms with Crippen LogP contribution in [0, 0.1) is 11.3 Å². The highest BCUT2D eigenvalue weighted by Crippen LogP contribution is 2.30. The van der Waals surface area contributed by atoms with Crippen LogP contribution in [-0.2, 0) is 19.6 Å². The highest BCUT2D eigenvalue weighted by atomic mass is 32.2. The van der Waals surface area contributed by atoms with Crippen LogP contribution in [-0.4, -0.2) is 96.3 Å². The maximum Gasteiger partial charge on any atom is 0.336 e. The van der Waals surface area contributed by atoms with Crippen molar-refractivity contribution in [2.45, 2.75) is 115 Å². The number of likely N-dealkylation sites (tertiary alicyclic amines) is 1. The van der Waals surface area contributed by atoms with Crippen molar-refractivity contribution in [2.75, 3.05) is 26.7 Å². The predicted molar refractivity (Wildman–Crippen MR) is 203 cm³/mol. The van der Waals surface area contributed by atoms with Gasteiger partial charge in [-0.15, -0.1) is 0 Å². The second kappa shape index (κ2) is 18.7. The monoisotopic (exact) mass is 754 g/mol. The van der Waals surface area contributed by atoms with Gasteiger partial charge in [0.15, 0.2) is 5.03 Å². The molecule has 53 heavy (non-hydrogen) atoms. The minimum absolute atomic E-state index is 0.0296. The number of rotatable bonds is 13. The SMILES string of the molecule is CCCN(NC(=O)[C@@H]1CCCN1C(=O)[C@@H](NC(=O)N[C@H](CN(C)S(=O)(=O)c1ccccn1)C(C)(C)C)C1CCCCC1)C(=O)N[C@@H](C)c1ccccc1. The second-order valence-electron chi connectivity index (χ2n) is 15.3. The van der Waals surface area contributed by atoms with Gasteiger partial charge >= 0.3 is 12.1 Å². The highest BCUT2D eigenvalue weighted by molar-refractivity contribution is 7.89. The van der Waals surface area contributed by atoms with Gasteiger partial charge in [0.1, 0.15) is 12.1 Å². The van der Waals surface area contributed by atoms with Crippen molar-refractivity contribution in [3.63, 3.8) is 0 Å². The van der Waals surface area contributed by atoms with E-state index < -0.39 is 51.5 Å². The summed E-state index contributed by atoms with van der Waals surface area (Å²) >= 11 is 0. The van der Waals surface area contributed by atoms with Crippen molar-refractivity contribution in [3.05, 3.63) is 60.3 Å². The van der Waals surface area contributed by atoms with Crippen molar-refractivity contribution in [3.8, 4) is 0 Å². The molecule has 6 amide bonds. The number of likely N-dealkylation sites (N-methyl/N-ethyl adjacent to an activating group) is 1. The molecule has 0 spiro atoms. The number of hydrogen-bond donors (Lipinski definition) is 4. The van der Waals surface area contributed by atoms with Crippen LogP contribution in [0.2, 0.25) is 0 Å². The molecular weight excluding hydrogens is 697 g/mol. The number of pyridine rings is 1. The van der Waals surface area contributed by atoms with E-state index in [2.05, 4.69) is 26.4 Å². The van der Waals surface area contributed by atoms with Gasteiger partial charge in [0.05, 0.1) is 6.04 Å². The van der Waals surface area contributed by atoms with Gasteiger partial charge < -0.3 is 20.9 Å².